The second kappa shape index (κ2) is 7.23. The quantitative estimate of drug-likeness (QED) is 0.906. The van der Waals surface area contributed by atoms with Crippen molar-refractivity contribution < 1.29 is 4.79 Å². The Balaban J connectivity index is 1.63. The van der Waals surface area contributed by atoms with Crippen LogP contribution in [0.25, 0.3) is 0 Å². The molecule has 0 aliphatic carbocycles. The van der Waals surface area contributed by atoms with Crippen molar-refractivity contribution in [3.05, 3.63) is 47.0 Å². The molecule has 1 N–H and O–H groups in total. The molecule has 23 heavy (non-hydrogen) atoms. The third-order valence-electron chi connectivity index (χ3n) is 4.36. The molecule has 1 aromatic heterocycles. The summed E-state index contributed by atoms with van der Waals surface area (Å²) >= 11 is 1.46. The summed E-state index contributed by atoms with van der Waals surface area (Å²) in [7, 11) is 0. The Hall–Kier alpha value is -1.72. The van der Waals surface area contributed by atoms with Crippen LogP contribution in [-0.2, 0) is 11.3 Å². The first-order valence-corrected chi connectivity index (χ1v) is 9.04. The minimum absolute atomic E-state index is 0.0522. The van der Waals surface area contributed by atoms with Gasteiger partial charge in [0.15, 0.2) is 5.13 Å². The smallest absolute Gasteiger partial charge is 0.243 e. The zero-order valence-electron chi connectivity index (χ0n) is 13.7. The van der Waals surface area contributed by atoms with Gasteiger partial charge in [0.25, 0.3) is 0 Å². The van der Waals surface area contributed by atoms with E-state index in [9.17, 15) is 4.79 Å². The number of carbonyl (C=O) groups is 1. The summed E-state index contributed by atoms with van der Waals surface area (Å²) in [5.41, 5.74) is 2.62. The van der Waals surface area contributed by atoms with Crippen molar-refractivity contribution >= 4 is 22.4 Å². The number of amides is 1. The fraction of sp³-hybridized carbons (Fsp3) is 0.444. The van der Waals surface area contributed by atoms with Crippen LogP contribution in [0.2, 0.25) is 0 Å². The van der Waals surface area contributed by atoms with Gasteiger partial charge in [0.05, 0.1) is 6.04 Å². The normalized spacial score (nSPS) is 18.5. The third-order valence-corrected chi connectivity index (χ3v) is 5.05. The summed E-state index contributed by atoms with van der Waals surface area (Å²) in [5, 5.41) is 5.49. The lowest BCUT2D eigenvalue weighted by Gasteiger charge is -2.23. The highest BCUT2D eigenvalue weighted by Gasteiger charge is 2.30. The molecule has 0 saturated carbocycles. The lowest BCUT2D eigenvalue weighted by molar-refractivity contribution is -0.120. The van der Waals surface area contributed by atoms with Crippen LogP contribution in [0.4, 0.5) is 5.13 Å². The molecule has 2 aromatic rings. The average molecular weight is 329 g/mol. The Bertz CT molecular complexity index is 637. The van der Waals surface area contributed by atoms with Gasteiger partial charge in [0.2, 0.25) is 5.91 Å². The van der Waals surface area contributed by atoms with Crippen molar-refractivity contribution in [3.63, 3.8) is 0 Å². The van der Waals surface area contributed by atoms with Crippen LogP contribution in [0.5, 0.6) is 0 Å². The Morgan fingerprint density at radius 3 is 2.83 bits per heavy atom. The van der Waals surface area contributed by atoms with Crippen molar-refractivity contribution in [3.8, 4) is 0 Å². The molecule has 1 unspecified atom stereocenters. The zero-order chi connectivity index (χ0) is 16.2. The highest BCUT2D eigenvalue weighted by molar-refractivity contribution is 7.13. The van der Waals surface area contributed by atoms with E-state index in [0.717, 1.165) is 25.9 Å². The maximum atomic E-state index is 12.5. The monoisotopic (exact) mass is 329 g/mol. The number of likely N-dealkylation sites (tertiary alicyclic amines) is 1. The molecule has 5 heteroatoms. The molecule has 0 spiro atoms. The number of thiazole rings is 1. The molecule has 122 valence electrons. The average Bonchev–Trinajstić information content (AvgIpc) is 3.19. The fourth-order valence-corrected chi connectivity index (χ4v) is 3.56. The molecule has 0 bridgehead atoms. The number of hydrogen-bond acceptors (Lipinski definition) is 4. The lowest BCUT2D eigenvalue weighted by atomic mass is 10.0. The van der Waals surface area contributed by atoms with Crippen LogP contribution in [0, 0.1) is 0 Å². The van der Waals surface area contributed by atoms with E-state index in [1.807, 2.05) is 5.38 Å². The zero-order valence-corrected chi connectivity index (χ0v) is 14.5. The van der Waals surface area contributed by atoms with Gasteiger partial charge in [0.1, 0.15) is 0 Å². The van der Waals surface area contributed by atoms with E-state index in [2.05, 4.69) is 53.3 Å². The number of aromatic nitrogens is 1. The topological polar surface area (TPSA) is 45.2 Å². The number of rotatable bonds is 5. The Morgan fingerprint density at radius 2 is 2.17 bits per heavy atom. The minimum Gasteiger partial charge on any atom is -0.301 e. The first-order valence-electron chi connectivity index (χ1n) is 8.16. The fourth-order valence-electron chi connectivity index (χ4n) is 3.03. The van der Waals surface area contributed by atoms with Gasteiger partial charge in [-0.2, -0.15) is 0 Å². The van der Waals surface area contributed by atoms with Crippen LogP contribution in [0.15, 0.2) is 35.8 Å². The lowest BCUT2D eigenvalue weighted by Crippen LogP contribution is -2.39. The van der Waals surface area contributed by atoms with E-state index in [1.54, 1.807) is 6.20 Å². The van der Waals surface area contributed by atoms with Crippen LogP contribution in [-0.4, -0.2) is 28.4 Å². The van der Waals surface area contributed by atoms with Crippen molar-refractivity contribution in [1.29, 1.82) is 0 Å². The molecule has 2 heterocycles. The molecular weight excluding hydrogens is 306 g/mol. The summed E-state index contributed by atoms with van der Waals surface area (Å²) in [6.45, 7) is 6.21. The summed E-state index contributed by atoms with van der Waals surface area (Å²) in [5.74, 6) is 0.615. The number of anilines is 1. The molecule has 1 aliphatic heterocycles. The van der Waals surface area contributed by atoms with Gasteiger partial charge in [-0.1, -0.05) is 38.1 Å². The standard InChI is InChI=1S/C18H23N3OS/c1-13(2)15-7-5-14(6-8-15)12-21-10-3-4-16(21)17(22)20-18-19-9-11-23-18/h5-9,11,13,16H,3-4,10,12H2,1-2H3,(H,19,20,22). The van der Waals surface area contributed by atoms with Crippen molar-refractivity contribution in [2.75, 3.05) is 11.9 Å². The van der Waals surface area contributed by atoms with E-state index >= 15 is 0 Å². The number of hydrogen-bond donors (Lipinski definition) is 1. The second-order valence-electron chi connectivity index (χ2n) is 6.35. The molecule has 1 fully saturated rings. The third kappa shape index (κ3) is 3.98. The van der Waals surface area contributed by atoms with Gasteiger partial charge in [-0.3, -0.25) is 9.69 Å². The molecule has 1 aromatic carbocycles. The number of carbonyl (C=O) groups excluding carboxylic acids is 1. The van der Waals surface area contributed by atoms with Gasteiger partial charge >= 0.3 is 0 Å². The maximum absolute atomic E-state index is 12.5. The molecule has 1 saturated heterocycles. The van der Waals surface area contributed by atoms with Gasteiger partial charge in [-0.05, 0) is 36.4 Å². The Labute approximate surface area is 141 Å². The molecule has 0 radical (unpaired) electrons. The van der Waals surface area contributed by atoms with Gasteiger partial charge < -0.3 is 5.32 Å². The number of benzene rings is 1. The molecule has 3 rings (SSSR count). The summed E-state index contributed by atoms with van der Waals surface area (Å²) in [6.07, 6.45) is 3.70. The Morgan fingerprint density at radius 1 is 1.39 bits per heavy atom. The van der Waals surface area contributed by atoms with E-state index in [-0.39, 0.29) is 11.9 Å². The maximum Gasteiger partial charge on any atom is 0.243 e. The summed E-state index contributed by atoms with van der Waals surface area (Å²) < 4.78 is 0. The van der Waals surface area contributed by atoms with E-state index in [0.29, 0.717) is 11.0 Å². The SMILES string of the molecule is CC(C)c1ccc(CN2CCCC2C(=O)Nc2nccs2)cc1. The van der Waals surface area contributed by atoms with Crippen LogP contribution in [0.1, 0.15) is 43.7 Å². The minimum atomic E-state index is -0.0522. The first kappa shape index (κ1) is 16.1. The van der Waals surface area contributed by atoms with Crippen molar-refractivity contribution in [2.24, 2.45) is 0 Å². The molecule has 1 amide bonds. The van der Waals surface area contributed by atoms with E-state index in [1.165, 1.54) is 22.5 Å². The number of nitrogens with one attached hydrogen (secondary N) is 1. The van der Waals surface area contributed by atoms with Crippen LogP contribution in [0.3, 0.4) is 0 Å². The van der Waals surface area contributed by atoms with Crippen LogP contribution < -0.4 is 5.32 Å². The van der Waals surface area contributed by atoms with Gasteiger partial charge in [-0.25, -0.2) is 4.98 Å². The Kier molecular flexibility index (Phi) is 5.08. The molecule has 1 atom stereocenters. The van der Waals surface area contributed by atoms with Gasteiger partial charge in [-0.15, -0.1) is 11.3 Å². The summed E-state index contributed by atoms with van der Waals surface area (Å²) in [6, 6.07) is 8.71. The second-order valence-corrected chi connectivity index (χ2v) is 7.25. The summed E-state index contributed by atoms with van der Waals surface area (Å²) in [4.78, 5) is 18.9. The first-order chi connectivity index (χ1) is 11.1. The predicted molar refractivity (Wildman–Crippen MR) is 94.7 cm³/mol. The number of nitrogens with zero attached hydrogens (tertiary/aromatic N) is 2. The predicted octanol–water partition coefficient (Wildman–Crippen LogP) is 3.87. The van der Waals surface area contributed by atoms with Crippen molar-refractivity contribution in [2.45, 2.75) is 45.2 Å². The molecule has 1 aliphatic rings. The molecular formula is C18H23N3OS. The van der Waals surface area contributed by atoms with E-state index in [4.69, 9.17) is 0 Å². The van der Waals surface area contributed by atoms with Crippen molar-refractivity contribution in [1.82, 2.24) is 9.88 Å². The highest BCUT2D eigenvalue weighted by atomic mass is 32.1. The van der Waals surface area contributed by atoms with Crippen LogP contribution >= 0.6 is 11.3 Å². The van der Waals surface area contributed by atoms with Gasteiger partial charge in [0, 0.05) is 18.1 Å². The largest absolute Gasteiger partial charge is 0.301 e. The van der Waals surface area contributed by atoms with E-state index < -0.39 is 0 Å². The molecule has 4 nitrogen and oxygen atoms in total. The highest BCUT2D eigenvalue weighted by Crippen LogP contribution is 2.23.